The average molecular weight is 1100 g/mol. The van der Waals surface area contributed by atoms with Gasteiger partial charge in [-0.15, -0.1) is 0 Å². The van der Waals surface area contributed by atoms with E-state index in [9.17, 15) is 39.2 Å². The van der Waals surface area contributed by atoms with Crippen molar-refractivity contribution in [3.8, 4) is 0 Å². The van der Waals surface area contributed by atoms with E-state index in [2.05, 4.69) is 11.1 Å². The first-order valence-electron chi connectivity index (χ1n) is 11.3. The summed E-state index contributed by atoms with van der Waals surface area (Å²) < 4.78 is 86.3. The van der Waals surface area contributed by atoms with Gasteiger partial charge >= 0.3 is 266 Å². The van der Waals surface area contributed by atoms with Crippen molar-refractivity contribution in [1.29, 1.82) is 0 Å². The van der Waals surface area contributed by atoms with Crippen molar-refractivity contribution in [3.63, 3.8) is 0 Å². The molecule has 13 nitrogen and oxygen atoms in total. The van der Waals surface area contributed by atoms with E-state index >= 15 is 0 Å². The Morgan fingerprint density at radius 3 is 1.95 bits per heavy atom. The SMILES string of the molecule is C=CC(CC(COP(=O)([O-])O)CI(C)[I-]F)OP(=O)([O-])OCCC(CC)OP(=O)([O-])OCC(CO)CI(C)[I-]F. The van der Waals surface area contributed by atoms with Crippen molar-refractivity contribution in [2.45, 2.75) is 38.4 Å². The van der Waals surface area contributed by atoms with Crippen LogP contribution in [0.4, 0.5) is 5.72 Å². The number of hydrogen-bond acceptors (Lipinski definition) is 12. The van der Waals surface area contributed by atoms with E-state index in [0.717, 1.165) is 6.08 Å². The van der Waals surface area contributed by atoms with Gasteiger partial charge in [-0.1, -0.05) is 0 Å². The molecule has 0 spiro atoms. The molecule has 0 radical (unpaired) electrons. The molecule has 2 N–H and O–H groups in total. The topological polar surface area (TPSA) is 207 Å². The van der Waals surface area contributed by atoms with Gasteiger partial charge in [-0.3, -0.25) is 0 Å². The van der Waals surface area contributed by atoms with E-state index in [4.69, 9.17) is 23.0 Å². The Balaban J connectivity index is 4.93. The second-order valence-corrected chi connectivity index (χ2v) is 43.1. The fraction of sp³-hybridized carbons (Fsp3) is 0.889. The molecule has 0 amide bonds. The van der Waals surface area contributed by atoms with Gasteiger partial charge < -0.3 is 0 Å². The zero-order valence-electron chi connectivity index (χ0n) is 22.0. The fourth-order valence-corrected chi connectivity index (χ4v) is 18.1. The van der Waals surface area contributed by atoms with Crippen molar-refractivity contribution >= 4 is 55.2 Å². The Hall–Kier alpha value is 2.81. The van der Waals surface area contributed by atoms with Crippen molar-refractivity contribution in [2.75, 3.05) is 45.1 Å². The van der Waals surface area contributed by atoms with E-state index in [0.29, 0.717) is 8.86 Å². The number of phosphoric acid groups is 3. The molecule has 0 fully saturated rings. The van der Waals surface area contributed by atoms with Gasteiger partial charge in [0.15, 0.2) is 0 Å². The van der Waals surface area contributed by atoms with E-state index in [1.165, 1.54) is 0 Å². The number of rotatable bonds is 25. The van der Waals surface area contributed by atoms with Gasteiger partial charge in [-0.25, -0.2) is 0 Å². The summed E-state index contributed by atoms with van der Waals surface area (Å²) in [6, 6.07) is 0. The van der Waals surface area contributed by atoms with E-state index in [1.807, 2.05) is 4.93 Å². The van der Waals surface area contributed by atoms with Crippen molar-refractivity contribution in [3.05, 3.63) is 12.7 Å². The van der Waals surface area contributed by atoms with Gasteiger partial charge in [0.05, 0.1) is 0 Å². The predicted octanol–water partition coefficient (Wildman–Crippen LogP) is -3.15. The van der Waals surface area contributed by atoms with Crippen LogP contribution in [0.3, 0.4) is 0 Å². The molecule has 0 bridgehead atoms. The van der Waals surface area contributed by atoms with Crippen molar-refractivity contribution in [1.82, 2.24) is 0 Å². The molecule has 0 saturated heterocycles. The van der Waals surface area contributed by atoms with Crippen LogP contribution in [0.2, 0.25) is 0 Å². The van der Waals surface area contributed by atoms with Crippen LogP contribution in [0.25, 0.3) is 0 Å². The molecule has 0 aromatic heterocycles. The number of hydrogen-bond donors (Lipinski definition) is 2. The third-order valence-corrected chi connectivity index (χ3v) is 24.8. The Morgan fingerprint density at radius 1 is 0.950 bits per heavy atom. The molecule has 248 valence electrons. The monoisotopic (exact) mass is 1100 g/mol. The maximum atomic E-state index is 13.1. The van der Waals surface area contributed by atoms with Crippen LogP contribution in [-0.2, 0) is 36.3 Å². The minimum atomic E-state index is -5.04. The van der Waals surface area contributed by atoms with E-state index < -0.39 is 128 Å². The maximum absolute atomic E-state index is 13.1. The molecular formula is C18H36F2I4O13P3-5. The molecule has 40 heavy (non-hydrogen) atoms. The molecule has 7 atom stereocenters. The molecular weight excluding hydrogens is 1060 g/mol. The summed E-state index contributed by atoms with van der Waals surface area (Å²) in [5, 5.41) is 9.38. The van der Waals surface area contributed by atoms with Crippen LogP contribution in [0.1, 0.15) is 26.2 Å². The summed E-state index contributed by atoms with van der Waals surface area (Å²) in [6.45, 7) is 3.40. The summed E-state index contributed by atoms with van der Waals surface area (Å²) >= 11 is -6.70. The van der Waals surface area contributed by atoms with Crippen LogP contribution in [0.5, 0.6) is 0 Å². The molecule has 0 aromatic rings. The fourth-order valence-electron chi connectivity index (χ4n) is 2.91. The molecule has 0 aliphatic heterocycles. The third kappa shape index (κ3) is 22.3. The molecule has 0 rings (SSSR count). The van der Waals surface area contributed by atoms with Gasteiger partial charge in [0.1, 0.15) is 0 Å². The number of halogens is 6. The standard InChI is InChI=1S/C18H39F2I4O13P3/c1-5-17(36-40(31,32)35-14-16(12-25)11-24(4)22-20)7-8-33-39(29,30)37-18(6-2)9-15(10-23(3)21-19)13-34-38(26,27)28/h6,15-18,25H,2,5,7-14H2,1,3-4H3,(H,29,30)(H,31,32)(H2,26,27,28)/q-2/p-3. The Morgan fingerprint density at radius 2 is 1.48 bits per heavy atom. The number of aliphatic hydroxyl groups excluding tert-OH is 1. The quantitative estimate of drug-likeness (QED) is 0.0402. The molecule has 22 heteroatoms. The van der Waals surface area contributed by atoms with E-state index in [-0.39, 0.29) is 32.5 Å². The van der Waals surface area contributed by atoms with Gasteiger partial charge in [-0.05, 0) is 0 Å². The van der Waals surface area contributed by atoms with Crippen LogP contribution in [0.15, 0.2) is 12.7 Å². The summed E-state index contributed by atoms with van der Waals surface area (Å²) in [5.41, 5.74) is 0. The minimum absolute atomic E-state index is 0.0917. The van der Waals surface area contributed by atoms with Crippen molar-refractivity contribution in [2.24, 2.45) is 11.8 Å². The zero-order chi connectivity index (χ0) is 31.0. The first-order valence-corrected chi connectivity index (χ1v) is 37.3. The van der Waals surface area contributed by atoms with Crippen LogP contribution in [0, 0.1) is 11.8 Å². The molecule has 0 aliphatic carbocycles. The Bertz CT molecular complexity index is 862. The normalized spacial score (nSPS) is 20.6. The molecule has 0 saturated carbocycles. The second-order valence-electron chi connectivity index (χ2n) is 8.18. The van der Waals surface area contributed by atoms with Crippen LogP contribution in [-0.4, -0.2) is 67.4 Å². The number of phosphoric ester groups is 3. The molecule has 0 aliphatic rings. The summed E-state index contributed by atoms with van der Waals surface area (Å²) in [7, 11) is -14.8. The number of alkyl halides is 4. The summed E-state index contributed by atoms with van der Waals surface area (Å²) in [6.07, 6.45) is -1.10. The molecule has 0 heterocycles. The average Bonchev–Trinajstić information content (AvgIpc) is 2.87. The predicted molar refractivity (Wildman–Crippen MR) is 148 cm³/mol. The van der Waals surface area contributed by atoms with Gasteiger partial charge in [-0.2, -0.15) is 0 Å². The zero-order valence-corrected chi connectivity index (χ0v) is 33.3. The van der Waals surface area contributed by atoms with Gasteiger partial charge in [0.25, 0.3) is 0 Å². The van der Waals surface area contributed by atoms with Crippen molar-refractivity contribution < 1.29 is 102 Å². The Labute approximate surface area is 262 Å². The first-order chi connectivity index (χ1) is 18.5. The third-order valence-electron chi connectivity index (χ3n) is 4.76. The van der Waals surface area contributed by atoms with Gasteiger partial charge in [0.2, 0.25) is 0 Å². The van der Waals surface area contributed by atoms with Crippen LogP contribution >= 0.6 is 55.2 Å². The summed E-state index contributed by atoms with van der Waals surface area (Å²) in [5.74, 6) is -1.15. The first kappa shape index (κ1) is 42.8. The number of aliphatic hydroxyl groups is 1. The second kappa shape index (κ2) is 22.4. The molecule has 7 unspecified atom stereocenters. The van der Waals surface area contributed by atoms with E-state index in [1.54, 1.807) is 11.9 Å². The van der Waals surface area contributed by atoms with Crippen LogP contribution < -0.4 is 50.3 Å². The molecule has 0 aromatic carbocycles. The Kier molecular flexibility index (Phi) is 23.9. The van der Waals surface area contributed by atoms with Gasteiger partial charge in [0, 0.05) is 0 Å². The summed E-state index contributed by atoms with van der Waals surface area (Å²) in [4.78, 5) is 47.9.